The second-order valence-electron chi connectivity index (χ2n) is 6.18. The molecule has 0 spiro atoms. The average molecular weight is 366 g/mol. The zero-order valence-electron chi connectivity index (χ0n) is 14.7. The van der Waals surface area contributed by atoms with Gasteiger partial charge >= 0.3 is 5.97 Å². The van der Waals surface area contributed by atoms with E-state index in [2.05, 4.69) is 0 Å². The quantitative estimate of drug-likeness (QED) is 0.458. The highest BCUT2D eigenvalue weighted by Crippen LogP contribution is 2.33. The van der Waals surface area contributed by atoms with Gasteiger partial charge in [0.15, 0.2) is 0 Å². The van der Waals surface area contributed by atoms with Gasteiger partial charge < -0.3 is 9.64 Å². The number of non-ortho nitro benzene ring substituents is 1. The Kier molecular flexibility index (Phi) is 5.30. The molecule has 1 amide bonds. The predicted octanol–water partition coefficient (Wildman–Crippen LogP) is 3.60. The number of hydrogen-bond acceptors (Lipinski definition) is 5. The molecule has 0 fully saturated rings. The van der Waals surface area contributed by atoms with Crippen molar-refractivity contribution in [1.82, 2.24) is 4.90 Å². The van der Waals surface area contributed by atoms with Crippen LogP contribution in [0.2, 0.25) is 0 Å². The van der Waals surface area contributed by atoms with Crippen LogP contribution < -0.4 is 0 Å². The average Bonchev–Trinajstić information content (AvgIpc) is 2.66. The first-order chi connectivity index (χ1) is 13.0. The predicted molar refractivity (Wildman–Crippen MR) is 98.2 cm³/mol. The summed E-state index contributed by atoms with van der Waals surface area (Å²) in [7, 11) is 0. The van der Waals surface area contributed by atoms with Crippen molar-refractivity contribution in [2.24, 2.45) is 0 Å². The number of nitro groups is 1. The van der Waals surface area contributed by atoms with E-state index in [1.54, 1.807) is 18.3 Å². The molecule has 2 aromatic rings. The third-order valence-electron chi connectivity index (χ3n) is 4.35. The van der Waals surface area contributed by atoms with Crippen LogP contribution in [0.4, 0.5) is 5.69 Å². The molecule has 27 heavy (non-hydrogen) atoms. The Labute approximate surface area is 156 Å². The van der Waals surface area contributed by atoms with E-state index >= 15 is 0 Å². The van der Waals surface area contributed by atoms with E-state index in [1.165, 1.54) is 24.0 Å². The van der Waals surface area contributed by atoms with Gasteiger partial charge in [0.1, 0.15) is 6.61 Å². The largest absolute Gasteiger partial charge is 0.461 e. The first kappa shape index (κ1) is 18.3. The number of carbonyl (C=O) groups excluding carboxylic acids is 2. The molecule has 1 aliphatic heterocycles. The molecule has 0 N–H and O–H groups in total. The molecule has 0 saturated carbocycles. The van der Waals surface area contributed by atoms with Gasteiger partial charge in [0.25, 0.3) is 5.69 Å². The topological polar surface area (TPSA) is 89.8 Å². The van der Waals surface area contributed by atoms with Crippen molar-refractivity contribution in [2.45, 2.75) is 26.0 Å². The maximum absolute atomic E-state index is 12.4. The molecule has 0 radical (unpaired) electrons. The highest BCUT2D eigenvalue weighted by atomic mass is 16.6. The van der Waals surface area contributed by atoms with Gasteiger partial charge in [0.05, 0.1) is 17.4 Å². The van der Waals surface area contributed by atoms with Crippen LogP contribution in [0.3, 0.4) is 0 Å². The fourth-order valence-corrected chi connectivity index (χ4v) is 3.05. The lowest BCUT2D eigenvalue weighted by atomic mass is 9.94. The zero-order chi connectivity index (χ0) is 19.4. The van der Waals surface area contributed by atoms with Crippen molar-refractivity contribution in [1.29, 1.82) is 0 Å². The lowest BCUT2D eigenvalue weighted by Gasteiger charge is -2.32. The minimum Gasteiger partial charge on any atom is -0.461 e. The zero-order valence-corrected chi connectivity index (χ0v) is 14.7. The molecule has 1 atom stereocenters. The number of rotatable bonds is 5. The van der Waals surface area contributed by atoms with Crippen LogP contribution in [0.5, 0.6) is 0 Å². The van der Waals surface area contributed by atoms with Gasteiger partial charge in [0.2, 0.25) is 5.91 Å². The third-order valence-corrected chi connectivity index (χ3v) is 4.35. The van der Waals surface area contributed by atoms with Crippen LogP contribution in [-0.4, -0.2) is 21.7 Å². The maximum Gasteiger partial charge on any atom is 0.308 e. The van der Waals surface area contributed by atoms with E-state index in [4.69, 9.17) is 4.74 Å². The molecule has 138 valence electrons. The van der Waals surface area contributed by atoms with E-state index < -0.39 is 16.9 Å². The van der Waals surface area contributed by atoms with Crippen molar-refractivity contribution in [2.75, 3.05) is 0 Å². The van der Waals surface area contributed by atoms with Crippen LogP contribution in [0.15, 0.2) is 54.7 Å². The number of nitrogens with zero attached hydrogens (tertiary/aromatic N) is 2. The first-order valence-corrected chi connectivity index (χ1v) is 8.40. The standard InChI is InChI=1S/C20H18N2O5/c1-14(23)21-10-9-16-6-2-3-8-18(16)19(21)12-20(24)27-13-15-5-4-7-17(11-15)22(25)26/h2-11,19H,12-13H2,1H3/t19-/m0/s1. The molecule has 7 heteroatoms. The van der Waals surface area contributed by atoms with Crippen LogP contribution in [0.1, 0.15) is 36.1 Å². The summed E-state index contributed by atoms with van der Waals surface area (Å²) in [5.41, 5.74) is 2.30. The molecule has 0 aromatic heterocycles. The Morgan fingerprint density at radius 3 is 2.70 bits per heavy atom. The molecule has 0 bridgehead atoms. The summed E-state index contributed by atoms with van der Waals surface area (Å²) < 4.78 is 5.29. The van der Waals surface area contributed by atoms with Gasteiger partial charge in [-0.2, -0.15) is 0 Å². The summed E-state index contributed by atoms with van der Waals surface area (Å²) in [6.45, 7) is 1.38. The van der Waals surface area contributed by atoms with E-state index in [0.717, 1.165) is 11.1 Å². The number of carbonyl (C=O) groups is 2. The van der Waals surface area contributed by atoms with Gasteiger partial charge in [-0.05, 0) is 22.8 Å². The molecule has 0 unspecified atom stereocenters. The molecule has 2 aromatic carbocycles. The van der Waals surface area contributed by atoms with E-state index in [9.17, 15) is 19.7 Å². The molecule has 0 saturated heterocycles. The molecule has 1 aliphatic rings. The minimum atomic E-state index is -0.499. The SMILES string of the molecule is CC(=O)N1C=Cc2ccccc2[C@@H]1CC(=O)OCc1cccc([N+](=O)[O-])c1. The normalized spacial score (nSPS) is 15.1. The first-order valence-electron chi connectivity index (χ1n) is 8.40. The highest BCUT2D eigenvalue weighted by Gasteiger charge is 2.28. The lowest BCUT2D eigenvalue weighted by molar-refractivity contribution is -0.384. The number of fused-ring (bicyclic) bond motifs is 1. The Morgan fingerprint density at radius 2 is 1.96 bits per heavy atom. The van der Waals surface area contributed by atoms with Gasteiger partial charge in [-0.1, -0.05) is 36.4 Å². The molecular weight excluding hydrogens is 348 g/mol. The van der Waals surface area contributed by atoms with Crippen LogP contribution >= 0.6 is 0 Å². The van der Waals surface area contributed by atoms with E-state index in [1.807, 2.05) is 30.3 Å². The summed E-state index contributed by atoms with van der Waals surface area (Å²) in [5, 5.41) is 10.8. The summed E-state index contributed by atoms with van der Waals surface area (Å²) in [5.74, 6) is -0.653. The Balaban J connectivity index is 1.70. The summed E-state index contributed by atoms with van der Waals surface area (Å²) >= 11 is 0. The molecule has 1 heterocycles. The number of hydrogen-bond donors (Lipinski definition) is 0. The van der Waals surface area contributed by atoms with Crippen LogP contribution in [-0.2, 0) is 20.9 Å². The molecule has 0 aliphatic carbocycles. The monoisotopic (exact) mass is 366 g/mol. The number of ether oxygens (including phenoxy) is 1. The van der Waals surface area contributed by atoms with E-state index in [-0.39, 0.29) is 24.6 Å². The van der Waals surface area contributed by atoms with Crippen LogP contribution in [0, 0.1) is 10.1 Å². The third kappa shape index (κ3) is 4.20. The summed E-state index contributed by atoms with van der Waals surface area (Å²) in [6, 6.07) is 13.1. The van der Waals surface area contributed by atoms with E-state index in [0.29, 0.717) is 5.56 Å². The fraction of sp³-hybridized carbons (Fsp3) is 0.200. The smallest absolute Gasteiger partial charge is 0.308 e. The number of esters is 1. The van der Waals surface area contributed by atoms with Crippen LogP contribution in [0.25, 0.3) is 6.08 Å². The second kappa shape index (κ2) is 7.82. The fourth-order valence-electron chi connectivity index (χ4n) is 3.05. The number of benzene rings is 2. The second-order valence-corrected chi connectivity index (χ2v) is 6.18. The maximum atomic E-state index is 12.4. The Hall–Kier alpha value is -3.48. The van der Waals surface area contributed by atoms with Crippen molar-refractivity contribution >= 4 is 23.6 Å². The van der Waals surface area contributed by atoms with Gasteiger partial charge in [-0.25, -0.2) is 0 Å². The van der Waals surface area contributed by atoms with Crippen molar-refractivity contribution in [3.63, 3.8) is 0 Å². The van der Waals surface area contributed by atoms with Crippen molar-refractivity contribution in [3.8, 4) is 0 Å². The van der Waals surface area contributed by atoms with Crippen molar-refractivity contribution < 1.29 is 19.2 Å². The Bertz CT molecular complexity index is 922. The highest BCUT2D eigenvalue weighted by molar-refractivity contribution is 5.80. The molecule has 7 nitrogen and oxygen atoms in total. The minimum absolute atomic E-state index is 0.00411. The lowest BCUT2D eigenvalue weighted by Crippen LogP contribution is -2.32. The molecule has 3 rings (SSSR count). The van der Waals surface area contributed by atoms with Crippen molar-refractivity contribution in [3.05, 3.63) is 81.5 Å². The molecular formula is C20H18N2O5. The number of nitro benzene ring substituents is 1. The Morgan fingerprint density at radius 1 is 1.19 bits per heavy atom. The van der Waals surface area contributed by atoms with Gasteiger partial charge in [-0.3, -0.25) is 19.7 Å². The summed E-state index contributed by atoms with van der Waals surface area (Å²) in [6.07, 6.45) is 3.50. The van der Waals surface area contributed by atoms with Gasteiger partial charge in [-0.15, -0.1) is 0 Å². The number of amides is 1. The summed E-state index contributed by atoms with van der Waals surface area (Å²) in [4.78, 5) is 36.1. The van der Waals surface area contributed by atoms with Gasteiger partial charge in [0, 0.05) is 25.3 Å².